The third kappa shape index (κ3) is 1.47. The summed E-state index contributed by atoms with van der Waals surface area (Å²) in [6.45, 7) is 1.04. The van der Waals surface area contributed by atoms with Crippen molar-refractivity contribution in [3.05, 3.63) is 23.8 Å². The molecule has 16 heavy (non-hydrogen) atoms. The maximum atomic E-state index is 5.91. The van der Waals surface area contributed by atoms with Gasteiger partial charge in [0.25, 0.3) is 0 Å². The first-order valence-electron chi connectivity index (χ1n) is 5.98. The molecule has 0 saturated heterocycles. The van der Waals surface area contributed by atoms with E-state index in [1.807, 2.05) is 12.1 Å². The molecule has 0 aromatic heterocycles. The molecule has 1 atom stereocenters. The Balaban J connectivity index is 1.95. The SMILES string of the molecule is NCC(c1cccc2c1OCO2)C1CCC1. The van der Waals surface area contributed by atoms with Gasteiger partial charge in [-0.05, 0) is 31.4 Å². The topological polar surface area (TPSA) is 44.5 Å². The first kappa shape index (κ1) is 9.97. The summed E-state index contributed by atoms with van der Waals surface area (Å²) in [6.07, 6.45) is 3.94. The predicted octanol–water partition coefficient (Wildman–Crippen LogP) is 2.26. The van der Waals surface area contributed by atoms with E-state index in [1.54, 1.807) is 0 Å². The van der Waals surface area contributed by atoms with E-state index in [1.165, 1.54) is 24.8 Å². The molecule has 1 aromatic carbocycles. The van der Waals surface area contributed by atoms with Gasteiger partial charge in [-0.25, -0.2) is 0 Å². The molecule has 0 radical (unpaired) electrons. The Labute approximate surface area is 95.5 Å². The first-order valence-corrected chi connectivity index (χ1v) is 5.98. The van der Waals surface area contributed by atoms with Gasteiger partial charge in [-0.3, -0.25) is 0 Å². The number of benzene rings is 1. The number of para-hydroxylation sites is 1. The molecule has 0 spiro atoms. The van der Waals surface area contributed by atoms with Crippen LogP contribution in [0.3, 0.4) is 0 Å². The number of nitrogens with two attached hydrogens (primary N) is 1. The molecule has 1 saturated carbocycles. The monoisotopic (exact) mass is 219 g/mol. The van der Waals surface area contributed by atoms with Crippen LogP contribution >= 0.6 is 0 Å². The highest BCUT2D eigenvalue weighted by Crippen LogP contribution is 2.45. The third-order valence-electron chi connectivity index (χ3n) is 3.80. The summed E-state index contributed by atoms with van der Waals surface area (Å²) >= 11 is 0. The van der Waals surface area contributed by atoms with Crippen LogP contribution in [0.1, 0.15) is 30.7 Å². The normalized spacial score (nSPS) is 20.6. The van der Waals surface area contributed by atoms with Gasteiger partial charge < -0.3 is 15.2 Å². The Kier molecular flexibility index (Phi) is 2.48. The second kappa shape index (κ2) is 3.98. The number of fused-ring (bicyclic) bond motifs is 1. The van der Waals surface area contributed by atoms with Gasteiger partial charge in [0, 0.05) is 11.5 Å². The van der Waals surface area contributed by atoms with Crippen molar-refractivity contribution in [2.45, 2.75) is 25.2 Å². The summed E-state index contributed by atoms with van der Waals surface area (Å²) in [6, 6.07) is 6.12. The van der Waals surface area contributed by atoms with Gasteiger partial charge in [0.05, 0.1) is 0 Å². The van der Waals surface area contributed by atoms with Crippen molar-refractivity contribution in [2.75, 3.05) is 13.3 Å². The van der Waals surface area contributed by atoms with Crippen molar-refractivity contribution >= 4 is 0 Å². The average Bonchev–Trinajstić information content (AvgIpc) is 2.70. The Morgan fingerprint density at radius 3 is 2.88 bits per heavy atom. The summed E-state index contributed by atoms with van der Waals surface area (Å²) < 4.78 is 11.0. The lowest BCUT2D eigenvalue weighted by Crippen LogP contribution is -2.26. The van der Waals surface area contributed by atoms with Crippen molar-refractivity contribution in [3.8, 4) is 11.5 Å². The van der Waals surface area contributed by atoms with Crippen LogP contribution in [0.4, 0.5) is 0 Å². The molecule has 3 rings (SSSR count). The molecule has 1 aliphatic heterocycles. The number of ether oxygens (including phenoxy) is 2. The minimum Gasteiger partial charge on any atom is -0.454 e. The Bertz CT molecular complexity index is 388. The van der Waals surface area contributed by atoms with E-state index in [0.717, 1.165) is 17.4 Å². The fourth-order valence-corrected chi connectivity index (χ4v) is 2.66. The van der Waals surface area contributed by atoms with Crippen LogP contribution in [0.15, 0.2) is 18.2 Å². The highest BCUT2D eigenvalue weighted by Gasteiger charge is 2.31. The van der Waals surface area contributed by atoms with Crippen molar-refractivity contribution in [3.63, 3.8) is 0 Å². The standard InChI is InChI=1S/C13H17NO2/c14-7-11(9-3-1-4-9)10-5-2-6-12-13(10)16-8-15-12/h2,5-6,9,11H,1,3-4,7-8,14H2. The van der Waals surface area contributed by atoms with E-state index in [-0.39, 0.29) is 0 Å². The van der Waals surface area contributed by atoms with Crippen molar-refractivity contribution in [2.24, 2.45) is 11.7 Å². The largest absolute Gasteiger partial charge is 0.454 e. The molecule has 2 aliphatic rings. The third-order valence-corrected chi connectivity index (χ3v) is 3.80. The molecular weight excluding hydrogens is 202 g/mol. The van der Waals surface area contributed by atoms with Crippen molar-refractivity contribution in [1.82, 2.24) is 0 Å². The van der Waals surface area contributed by atoms with Crippen LogP contribution < -0.4 is 15.2 Å². The molecule has 1 aromatic rings. The Morgan fingerprint density at radius 1 is 1.31 bits per heavy atom. The highest BCUT2D eigenvalue weighted by molar-refractivity contribution is 5.50. The molecule has 86 valence electrons. The molecule has 1 aliphatic carbocycles. The van der Waals surface area contributed by atoms with Crippen molar-refractivity contribution < 1.29 is 9.47 Å². The number of rotatable bonds is 3. The average molecular weight is 219 g/mol. The number of hydrogen-bond donors (Lipinski definition) is 1. The van der Waals surface area contributed by atoms with E-state index in [4.69, 9.17) is 15.2 Å². The molecule has 1 unspecified atom stereocenters. The summed E-state index contributed by atoms with van der Waals surface area (Å²) in [4.78, 5) is 0. The van der Waals surface area contributed by atoms with Crippen LogP contribution in [-0.4, -0.2) is 13.3 Å². The van der Waals surface area contributed by atoms with Crippen molar-refractivity contribution in [1.29, 1.82) is 0 Å². The van der Waals surface area contributed by atoms with Gasteiger partial charge in [0.2, 0.25) is 6.79 Å². The number of hydrogen-bond acceptors (Lipinski definition) is 3. The minimum absolute atomic E-state index is 0.342. The quantitative estimate of drug-likeness (QED) is 0.848. The van der Waals surface area contributed by atoms with Crippen LogP contribution in [-0.2, 0) is 0 Å². The highest BCUT2D eigenvalue weighted by atomic mass is 16.7. The van der Waals surface area contributed by atoms with Gasteiger partial charge in [-0.2, -0.15) is 0 Å². The van der Waals surface area contributed by atoms with Gasteiger partial charge in [0.15, 0.2) is 11.5 Å². The van der Waals surface area contributed by atoms with Crippen LogP contribution in [0.5, 0.6) is 11.5 Å². The van der Waals surface area contributed by atoms with E-state index in [9.17, 15) is 0 Å². The second-order valence-electron chi connectivity index (χ2n) is 4.61. The zero-order valence-electron chi connectivity index (χ0n) is 9.32. The lowest BCUT2D eigenvalue weighted by atomic mass is 9.73. The lowest BCUT2D eigenvalue weighted by molar-refractivity contribution is 0.171. The molecule has 2 N–H and O–H groups in total. The minimum atomic E-state index is 0.342. The van der Waals surface area contributed by atoms with Gasteiger partial charge >= 0.3 is 0 Å². The van der Waals surface area contributed by atoms with Crippen LogP contribution in [0.25, 0.3) is 0 Å². The smallest absolute Gasteiger partial charge is 0.231 e. The van der Waals surface area contributed by atoms with Gasteiger partial charge in [-0.15, -0.1) is 0 Å². The molecule has 3 heteroatoms. The fraction of sp³-hybridized carbons (Fsp3) is 0.538. The molecular formula is C13H17NO2. The predicted molar refractivity (Wildman–Crippen MR) is 61.7 cm³/mol. The second-order valence-corrected chi connectivity index (χ2v) is 4.61. The summed E-state index contributed by atoms with van der Waals surface area (Å²) in [5.41, 5.74) is 7.15. The molecule has 0 bridgehead atoms. The molecule has 1 heterocycles. The summed E-state index contributed by atoms with van der Waals surface area (Å²) in [5.74, 6) is 2.96. The van der Waals surface area contributed by atoms with E-state index in [0.29, 0.717) is 19.3 Å². The first-order chi connectivity index (χ1) is 7.90. The Morgan fingerprint density at radius 2 is 2.19 bits per heavy atom. The van der Waals surface area contributed by atoms with Crippen LogP contribution in [0.2, 0.25) is 0 Å². The molecule has 1 fully saturated rings. The van der Waals surface area contributed by atoms with E-state index < -0.39 is 0 Å². The summed E-state index contributed by atoms with van der Waals surface area (Å²) in [5, 5.41) is 0. The Hall–Kier alpha value is -1.22. The maximum absolute atomic E-state index is 5.91. The molecule has 0 amide bonds. The zero-order chi connectivity index (χ0) is 11.0. The molecule has 3 nitrogen and oxygen atoms in total. The van der Waals surface area contributed by atoms with Gasteiger partial charge in [0.1, 0.15) is 0 Å². The van der Waals surface area contributed by atoms with Crippen LogP contribution in [0, 0.1) is 5.92 Å². The van der Waals surface area contributed by atoms with Gasteiger partial charge in [-0.1, -0.05) is 18.6 Å². The zero-order valence-corrected chi connectivity index (χ0v) is 9.32. The maximum Gasteiger partial charge on any atom is 0.231 e. The fourth-order valence-electron chi connectivity index (χ4n) is 2.66. The van der Waals surface area contributed by atoms with E-state index >= 15 is 0 Å². The van der Waals surface area contributed by atoms with E-state index in [2.05, 4.69) is 6.07 Å². The summed E-state index contributed by atoms with van der Waals surface area (Å²) in [7, 11) is 0. The lowest BCUT2D eigenvalue weighted by Gasteiger charge is -2.33.